The van der Waals surface area contributed by atoms with E-state index in [1.54, 1.807) is 11.9 Å². The molecular weight excluding hydrogens is 354 g/mol. The lowest BCUT2D eigenvalue weighted by Gasteiger charge is -2.44. The number of carbonyl (C=O) groups is 2. The number of carbonyl (C=O) groups excluding carboxylic acids is 2. The minimum absolute atomic E-state index is 0.0925. The number of nitrogens with one attached hydrogen (secondary N) is 1. The quantitative estimate of drug-likeness (QED) is 0.808. The SMILES string of the molecule is C/C=C/CN1C(=O)C2C(NC3N(c4cccc(C)c4C)CCCN23)N(C)C1=O. The molecule has 150 valence electrons. The maximum absolute atomic E-state index is 13.2. The lowest BCUT2D eigenvalue weighted by molar-refractivity contribution is -0.138. The summed E-state index contributed by atoms with van der Waals surface area (Å²) in [5, 5.41) is 3.57. The summed E-state index contributed by atoms with van der Waals surface area (Å²) >= 11 is 0. The molecule has 7 nitrogen and oxygen atoms in total. The molecule has 0 aliphatic carbocycles. The first-order chi connectivity index (χ1) is 13.5. The zero-order chi connectivity index (χ0) is 20.0. The van der Waals surface area contributed by atoms with Gasteiger partial charge in [-0.25, -0.2) is 4.79 Å². The lowest BCUT2D eigenvalue weighted by atomic mass is 10.1. The van der Waals surface area contributed by atoms with Gasteiger partial charge in [-0.3, -0.25) is 19.9 Å². The van der Waals surface area contributed by atoms with Crippen molar-refractivity contribution in [3.8, 4) is 0 Å². The predicted molar refractivity (Wildman–Crippen MR) is 109 cm³/mol. The van der Waals surface area contributed by atoms with Crippen molar-refractivity contribution in [2.45, 2.75) is 45.7 Å². The number of hydrogen-bond donors (Lipinski definition) is 1. The van der Waals surface area contributed by atoms with Crippen LogP contribution in [-0.4, -0.2) is 71.8 Å². The van der Waals surface area contributed by atoms with E-state index in [9.17, 15) is 9.59 Å². The Morgan fingerprint density at radius 1 is 1.21 bits per heavy atom. The van der Waals surface area contributed by atoms with E-state index in [-0.39, 0.29) is 30.4 Å². The number of imide groups is 1. The minimum atomic E-state index is -0.356. The van der Waals surface area contributed by atoms with Gasteiger partial charge < -0.3 is 9.80 Å². The van der Waals surface area contributed by atoms with Crippen molar-refractivity contribution in [3.63, 3.8) is 0 Å². The highest BCUT2D eigenvalue weighted by Crippen LogP contribution is 2.34. The van der Waals surface area contributed by atoms with E-state index in [1.165, 1.54) is 21.7 Å². The number of benzene rings is 1. The second-order valence-corrected chi connectivity index (χ2v) is 7.85. The Balaban J connectivity index is 1.67. The molecule has 1 aromatic rings. The van der Waals surface area contributed by atoms with Crippen molar-refractivity contribution >= 4 is 17.6 Å². The first kappa shape index (κ1) is 19.0. The van der Waals surface area contributed by atoms with Gasteiger partial charge in [0.1, 0.15) is 18.5 Å². The number of rotatable bonds is 3. The smallest absolute Gasteiger partial charge is 0.328 e. The molecule has 3 aliphatic heterocycles. The Kier molecular flexibility index (Phi) is 4.89. The Morgan fingerprint density at radius 3 is 2.75 bits per heavy atom. The topological polar surface area (TPSA) is 59.1 Å². The number of likely N-dealkylation sites (N-methyl/N-ethyl adjacent to an activating group) is 1. The van der Waals surface area contributed by atoms with Crippen molar-refractivity contribution in [2.24, 2.45) is 0 Å². The highest BCUT2D eigenvalue weighted by molar-refractivity contribution is 6.00. The Morgan fingerprint density at radius 2 is 2.00 bits per heavy atom. The molecule has 1 N–H and O–H groups in total. The van der Waals surface area contributed by atoms with Gasteiger partial charge in [-0.2, -0.15) is 0 Å². The second-order valence-electron chi connectivity index (χ2n) is 7.85. The summed E-state index contributed by atoms with van der Waals surface area (Å²) in [5.74, 6) is -0.107. The van der Waals surface area contributed by atoms with Crippen LogP contribution < -0.4 is 10.2 Å². The fourth-order valence-electron chi connectivity index (χ4n) is 4.59. The van der Waals surface area contributed by atoms with Crippen LogP contribution in [-0.2, 0) is 4.79 Å². The number of hydrogen-bond acceptors (Lipinski definition) is 5. The molecule has 3 atom stereocenters. The number of allylic oxidation sites excluding steroid dienone is 1. The largest absolute Gasteiger partial charge is 0.343 e. The van der Waals surface area contributed by atoms with Crippen LogP contribution in [0.25, 0.3) is 0 Å². The molecule has 3 unspecified atom stereocenters. The molecule has 0 spiro atoms. The molecule has 0 radical (unpaired) electrons. The standard InChI is InChI=1S/C21H29N5O2/c1-5-6-11-26-19(27)17-18(23(4)21(26)28)22-20-24(12-8-13-25(17)20)16-10-7-9-14(2)15(16)3/h5-7,9-10,17-18,20,22H,8,11-13H2,1-4H3/b6-5+. The molecule has 28 heavy (non-hydrogen) atoms. The molecule has 7 heteroatoms. The van der Waals surface area contributed by atoms with E-state index in [0.717, 1.165) is 19.5 Å². The lowest BCUT2D eigenvalue weighted by Crippen LogP contribution is -2.66. The molecule has 3 fully saturated rings. The van der Waals surface area contributed by atoms with Gasteiger partial charge >= 0.3 is 6.03 Å². The van der Waals surface area contributed by atoms with E-state index in [0.29, 0.717) is 6.54 Å². The van der Waals surface area contributed by atoms with Crippen molar-refractivity contribution in [2.75, 3.05) is 31.6 Å². The van der Waals surface area contributed by atoms with Gasteiger partial charge in [0, 0.05) is 32.4 Å². The van der Waals surface area contributed by atoms with Crippen LogP contribution in [0.2, 0.25) is 0 Å². The summed E-state index contributed by atoms with van der Waals surface area (Å²) in [6, 6.07) is 5.75. The van der Waals surface area contributed by atoms with Crippen LogP contribution in [0.3, 0.4) is 0 Å². The molecule has 0 bridgehead atoms. The van der Waals surface area contributed by atoms with Crippen LogP contribution in [0.1, 0.15) is 24.5 Å². The van der Waals surface area contributed by atoms with Crippen LogP contribution >= 0.6 is 0 Å². The van der Waals surface area contributed by atoms with Gasteiger partial charge in [0.25, 0.3) is 5.91 Å². The van der Waals surface area contributed by atoms with E-state index >= 15 is 0 Å². The maximum atomic E-state index is 13.2. The van der Waals surface area contributed by atoms with Gasteiger partial charge in [-0.1, -0.05) is 24.3 Å². The van der Waals surface area contributed by atoms with Gasteiger partial charge in [0.2, 0.25) is 0 Å². The van der Waals surface area contributed by atoms with Crippen LogP contribution in [0.4, 0.5) is 10.5 Å². The first-order valence-corrected chi connectivity index (χ1v) is 9.99. The summed E-state index contributed by atoms with van der Waals surface area (Å²) in [7, 11) is 1.78. The molecule has 3 amide bonds. The van der Waals surface area contributed by atoms with Gasteiger partial charge in [0.15, 0.2) is 0 Å². The summed E-state index contributed by atoms with van der Waals surface area (Å²) < 4.78 is 0. The Hall–Kier alpha value is -2.38. The number of nitrogens with zero attached hydrogens (tertiary/aromatic N) is 4. The molecule has 0 saturated carbocycles. The molecule has 3 aliphatic rings. The summed E-state index contributed by atoms with van der Waals surface area (Å²) in [6.07, 6.45) is 4.30. The van der Waals surface area contributed by atoms with E-state index in [4.69, 9.17) is 0 Å². The predicted octanol–water partition coefficient (Wildman–Crippen LogP) is 1.87. The fourth-order valence-corrected chi connectivity index (χ4v) is 4.59. The van der Waals surface area contributed by atoms with Crippen molar-refractivity contribution < 1.29 is 9.59 Å². The van der Waals surface area contributed by atoms with Gasteiger partial charge in [-0.05, 0) is 44.4 Å². The minimum Gasteiger partial charge on any atom is -0.343 e. The number of aryl methyl sites for hydroxylation is 1. The first-order valence-electron chi connectivity index (χ1n) is 9.99. The van der Waals surface area contributed by atoms with E-state index in [2.05, 4.69) is 47.2 Å². The number of fused-ring (bicyclic) bond motifs is 3. The fraction of sp³-hybridized carbons (Fsp3) is 0.524. The number of urea groups is 1. The summed E-state index contributed by atoms with van der Waals surface area (Å²) in [5.41, 5.74) is 3.70. The zero-order valence-electron chi connectivity index (χ0n) is 17.1. The average Bonchev–Trinajstić information content (AvgIpc) is 3.08. The monoisotopic (exact) mass is 383 g/mol. The van der Waals surface area contributed by atoms with Crippen molar-refractivity contribution in [1.29, 1.82) is 0 Å². The van der Waals surface area contributed by atoms with Crippen molar-refractivity contribution in [1.82, 2.24) is 20.0 Å². The van der Waals surface area contributed by atoms with Crippen molar-refractivity contribution in [3.05, 3.63) is 41.5 Å². The average molecular weight is 383 g/mol. The normalized spacial score (nSPS) is 28.3. The second kappa shape index (κ2) is 7.22. The molecule has 3 saturated heterocycles. The summed E-state index contributed by atoms with van der Waals surface area (Å²) in [6.45, 7) is 8.24. The van der Waals surface area contributed by atoms with Gasteiger partial charge in [0.05, 0.1) is 0 Å². The van der Waals surface area contributed by atoms with Gasteiger partial charge in [-0.15, -0.1) is 0 Å². The van der Waals surface area contributed by atoms with E-state index < -0.39 is 0 Å². The Labute approximate surface area is 166 Å². The highest BCUT2D eigenvalue weighted by atomic mass is 16.2. The molecular formula is C21H29N5O2. The van der Waals surface area contributed by atoms with Crippen LogP contribution in [0.15, 0.2) is 30.4 Å². The molecule has 1 aromatic carbocycles. The molecule has 0 aromatic heterocycles. The van der Waals surface area contributed by atoms with Crippen LogP contribution in [0, 0.1) is 13.8 Å². The molecule has 4 rings (SSSR count). The zero-order valence-corrected chi connectivity index (χ0v) is 17.1. The maximum Gasteiger partial charge on any atom is 0.328 e. The number of amides is 3. The Bertz CT molecular complexity index is 823. The number of anilines is 1. The third-order valence-corrected chi connectivity index (χ3v) is 6.28. The third kappa shape index (κ3) is 2.81. The third-order valence-electron chi connectivity index (χ3n) is 6.28. The molecule has 3 heterocycles. The highest BCUT2D eigenvalue weighted by Gasteiger charge is 2.55. The van der Waals surface area contributed by atoms with E-state index in [1.807, 2.05) is 19.1 Å². The van der Waals surface area contributed by atoms with Crippen LogP contribution in [0.5, 0.6) is 0 Å². The summed E-state index contributed by atoms with van der Waals surface area (Å²) in [4.78, 5) is 33.6.